The molecule has 0 fully saturated rings. The fourth-order valence-electron chi connectivity index (χ4n) is 2.54. The SMILES string of the molecule is CC(C)CCCCN(C=Cc1ccccc1)C=Cc1ccccc1. The van der Waals surface area contributed by atoms with Crippen LogP contribution in [-0.2, 0) is 0 Å². The standard InChI is InChI=1S/C23H29N/c1-21(2)11-9-10-18-24(19-16-22-12-5-3-6-13-22)20-17-23-14-7-4-8-15-23/h3-8,12-17,19-21H,9-11,18H2,1-2H3. The number of rotatable bonds is 9. The summed E-state index contributed by atoms with van der Waals surface area (Å²) in [7, 11) is 0. The zero-order valence-electron chi connectivity index (χ0n) is 14.9. The normalized spacial score (nSPS) is 11.6. The predicted molar refractivity (Wildman–Crippen MR) is 106 cm³/mol. The van der Waals surface area contributed by atoms with Crippen LogP contribution in [0.25, 0.3) is 12.2 Å². The summed E-state index contributed by atoms with van der Waals surface area (Å²) in [6.45, 7) is 5.64. The largest absolute Gasteiger partial charge is 0.354 e. The second-order valence-corrected chi connectivity index (χ2v) is 6.58. The van der Waals surface area contributed by atoms with Crippen molar-refractivity contribution in [3.8, 4) is 0 Å². The van der Waals surface area contributed by atoms with Gasteiger partial charge in [-0.25, -0.2) is 0 Å². The van der Waals surface area contributed by atoms with Crippen LogP contribution < -0.4 is 0 Å². The van der Waals surface area contributed by atoms with Crippen molar-refractivity contribution >= 4 is 12.2 Å². The molecule has 0 unspecified atom stereocenters. The number of hydrogen-bond donors (Lipinski definition) is 0. The first-order valence-electron chi connectivity index (χ1n) is 8.96. The van der Waals surface area contributed by atoms with Gasteiger partial charge in [-0.2, -0.15) is 0 Å². The van der Waals surface area contributed by atoms with Crippen LogP contribution in [0.15, 0.2) is 73.1 Å². The van der Waals surface area contributed by atoms with Crippen molar-refractivity contribution in [2.75, 3.05) is 6.54 Å². The van der Waals surface area contributed by atoms with Gasteiger partial charge in [0.05, 0.1) is 0 Å². The minimum Gasteiger partial charge on any atom is -0.354 e. The first-order valence-corrected chi connectivity index (χ1v) is 8.96. The van der Waals surface area contributed by atoms with Gasteiger partial charge in [0.15, 0.2) is 0 Å². The van der Waals surface area contributed by atoms with E-state index in [4.69, 9.17) is 0 Å². The molecular weight excluding hydrogens is 290 g/mol. The van der Waals surface area contributed by atoms with Crippen LogP contribution >= 0.6 is 0 Å². The molecule has 0 radical (unpaired) electrons. The molecule has 1 heteroatoms. The molecule has 0 N–H and O–H groups in total. The summed E-state index contributed by atoms with van der Waals surface area (Å²) in [4.78, 5) is 2.29. The van der Waals surface area contributed by atoms with E-state index in [1.807, 2.05) is 0 Å². The van der Waals surface area contributed by atoms with E-state index in [-0.39, 0.29) is 0 Å². The average molecular weight is 319 g/mol. The lowest BCUT2D eigenvalue weighted by Crippen LogP contribution is -2.11. The van der Waals surface area contributed by atoms with Crippen molar-refractivity contribution < 1.29 is 0 Å². The van der Waals surface area contributed by atoms with Crippen molar-refractivity contribution in [2.45, 2.75) is 33.1 Å². The van der Waals surface area contributed by atoms with E-state index in [0.29, 0.717) is 0 Å². The minimum absolute atomic E-state index is 0.790. The molecule has 0 spiro atoms. The Morgan fingerprint density at radius 1 is 0.750 bits per heavy atom. The van der Waals surface area contributed by atoms with Crippen LogP contribution in [0.2, 0.25) is 0 Å². The molecule has 1 nitrogen and oxygen atoms in total. The number of unbranched alkanes of at least 4 members (excludes halogenated alkanes) is 1. The van der Waals surface area contributed by atoms with Crippen LogP contribution in [0.3, 0.4) is 0 Å². The van der Waals surface area contributed by atoms with E-state index in [9.17, 15) is 0 Å². The quantitative estimate of drug-likeness (QED) is 0.480. The van der Waals surface area contributed by atoms with Crippen LogP contribution in [-0.4, -0.2) is 11.4 Å². The Kier molecular flexibility index (Phi) is 7.89. The summed E-state index contributed by atoms with van der Waals surface area (Å²) in [5, 5.41) is 0. The lowest BCUT2D eigenvalue weighted by atomic mass is 10.1. The van der Waals surface area contributed by atoms with Gasteiger partial charge >= 0.3 is 0 Å². The van der Waals surface area contributed by atoms with E-state index in [1.54, 1.807) is 0 Å². The predicted octanol–water partition coefficient (Wildman–Crippen LogP) is 6.46. The van der Waals surface area contributed by atoms with Gasteiger partial charge in [0.1, 0.15) is 0 Å². The third-order valence-electron chi connectivity index (χ3n) is 3.96. The van der Waals surface area contributed by atoms with Crippen molar-refractivity contribution in [1.29, 1.82) is 0 Å². The lowest BCUT2D eigenvalue weighted by molar-refractivity contribution is 0.453. The minimum atomic E-state index is 0.790. The fraction of sp³-hybridized carbons (Fsp3) is 0.304. The summed E-state index contributed by atoms with van der Waals surface area (Å²) in [6.07, 6.45) is 12.5. The zero-order chi connectivity index (χ0) is 17.0. The summed E-state index contributed by atoms with van der Waals surface area (Å²) in [6, 6.07) is 20.9. The van der Waals surface area contributed by atoms with Crippen molar-refractivity contribution in [1.82, 2.24) is 4.90 Å². The molecule has 0 aromatic heterocycles. The molecule has 2 aromatic rings. The Labute approximate surface area is 147 Å². The maximum Gasteiger partial charge on any atom is 0.0219 e. The van der Waals surface area contributed by atoms with Gasteiger partial charge in [-0.15, -0.1) is 0 Å². The highest BCUT2D eigenvalue weighted by atomic mass is 15.1. The Bertz CT molecular complexity index is 561. The fourth-order valence-corrected chi connectivity index (χ4v) is 2.54. The second kappa shape index (κ2) is 10.5. The van der Waals surface area contributed by atoms with Crippen LogP contribution in [0.5, 0.6) is 0 Å². The molecule has 0 aliphatic carbocycles. The van der Waals surface area contributed by atoms with Crippen LogP contribution in [0, 0.1) is 5.92 Å². The summed E-state index contributed by atoms with van der Waals surface area (Å²) in [5.41, 5.74) is 2.47. The average Bonchev–Trinajstić information content (AvgIpc) is 2.62. The highest BCUT2D eigenvalue weighted by molar-refractivity contribution is 5.51. The van der Waals surface area contributed by atoms with Crippen molar-refractivity contribution in [2.24, 2.45) is 5.92 Å². The Hall–Kier alpha value is -2.28. The maximum atomic E-state index is 2.29. The highest BCUT2D eigenvalue weighted by Crippen LogP contribution is 2.10. The van der Waals surface area contributed by atoms with Gasteiger partial charge in [-0.05, 0) is 35.6 Å². The zero-order valence-corrected chi connectivity index (χ0v) is 14.9. The molecule has 24 heavy (non-hydrogen) atoms. The molecular formula is C23H29N. The topological polar surface area (TPSA) is 3.24 Å². The van der Waals surface area contributed by atoms with Gasteiger partial charge < -0.3 is 4.90 Å². The molecule has 0 saturated carbocycles. The van der Waals surface area contributed by atoms with Gasteiger partial charge in [-0.1, -0.05) is 87.4 Å². The van der Waals surface area contributed by atoms with Crippen LogP contribution in [0.1, 0.15) is 44.2 Å². The van der Waals surface area contributed by atoms with E-state index < -0.39 is 0 Å². The molecule has 0 bridgehead atoms. The number of hydrogen-bond acceptors (Lipinski definition) is 1. The van der Waals surface area contributed by atoms with Gasteiger partial charge in [-0.3, -0.25) is 0 Å². The van der Waals surface area contributed by atoms with E-state index in [2.05, 4.69) is 104 Å². The van der Waals surface area contributed by atoms with Crippen molar-refractivity contribution in [3.63, 3.8) is 0 Å². The Morgan fingerprint density at radius 3 is 1.71 bits per heavy atom. The number of benzene rings is 2. The van der Waals surface area contributed by atoms with E-state index >= 15 is 0 Å². The molecule has 126 valence electrons. The maximum absolute atomic E-state index is 2.29. The van der Waals surface area contributed by atoms with Crippen molar-refractivity contribution in [3.05, 3.63) is 84.2 Å². The molecule has 0 amide bonds. The Balaban J connectivity index is 1.97. The molecule has 0 heterocycles. The molecule has 0 saturated heterocycles. The molecule has 0 aliphatic heterocycles. The van der Waals surface area contributed by atoms with E-state index in [0.717, 1.165) is 12.5 Å². The van der Waals surface area contributed by atoms with Gasteiger partial charge in [0.25, 0.3) is 0 Å². The summed E-state index contributed by atoms with van der Waals surface area (Å²) >= 11 is 0. The molecule has 0 aliphatic rings. The smallest absolute Gasteiger partial charge is 0.0219 e. The highest BCUT2D eigenvalue weighted by Gasteiger charge is 1.98. The molecule has 2 rings (SSSR count). The molecule has 0 atom stereocenters. The third-order valence-corrected chi connectivity index (χ3v) is 3.96. The van der Waals surface area contributed by atoms with Gasteiger partial charge in [0.2, 0.25) is 0 Å². The van der Waals surface area contributed by atoms with Gasteiger partial charge in [0, 0.05) is 18.9 Å². The summed E-state index contributed by atoms with van der Waals surface area (Å²) in [5.74, 6) is 0.790. The summed E-state index contributed by atoms with van der Waals surface area (Å²) < 4.78 is 0. The first-order chi connectivity index (χ1) is 11.7. The first kappa shape index (κ1) is 18.1. The van der Waals surface area contributed by atoms with E-state index in [1.165, 1.54) is 30.4 Å². The second-order valence-electron chi connectivity index (χ2n) is 6.58. The number of nitrogens with zero attached hydrogens (tertiary/aromatic N) is 1. The monoisotopic (exact) mass is 319 g/mol. The van der Waals surface area contributed by atoms with Crippen LogP contribution in [0.4, 0.5) is 0 Å². The molecule has 2 aromatic carbocycles. The lowest BCUT2D eigenvalue weighted by Gasteiger charge is -2.16. The third kappa shape index (κ3) is 7.32. The Morgan fingerprint density at radius 2 is 1.25 bits per heavy atom.